The predicted octanol–water partition coefficient (Wildman–Crippen LogP) is -1.39. The molecule has 3 atom stereocenters. The van der Waals surface area contributed by atoms with Crippen LogP contribution in [0.15, 0.2) is 0 Å². The fourth-order valence-corrected chi connectivity index (χ4v) is 2.02. The standard InChI is InChI=1S/2C6H13O4.C6H12O3.2C5H10O3.4Rf/c2*1-9-4-6(8)5-10-3-2-7;1-8-4-3-6(7)5-9-2;2*1-7-3-5(6)4-8-2;;;;/h2*6-8H,1-5H2;6-7H,1-5H2;2*5-6H,1-4H2;;;;/q2*-1;3*-2;;;;. The molecule has 288 valence electrons. The molecular weight excluding hydrogens is 1680 g/mol. The van der Waals surface area contributed by atoms with Crippen LogP contribution in [0.25, 0.3) is 0 Å². The summed E-state index contributed by atoms with van der Waals surface area (Å²) < 4.78 is 44.7. The van der Waals surface area contributed by atoms with Crippen LogP contribution in [0.2, 0.25) is 0 Å². The summed E-state index contributed by atoms with van der Waals surface area (Å²) in [7, 11) is 24.7. The van der Waals surface area contributed by atoms with E-state index < -0.39 is 30.5 Å². The second kappa shape index (κ2) is 62.2. The van der Waals surface area contributed by atoms with E-state index in [9.17, 15) is 0 Å². The van der Waals surface area contributed by atoms with Crippen LogP contribution in [0.1, 0.15) is 6.42 Å². The van der Waals surface area contributed by atoms with Gasteiger partial charge in [-0.3, -0.25) is 0 Å². The molecule has 0 aliphatic carbocycles. The van der Waals surface area contributed by atoms with Crippen molar-refractivity contribution in [3.8, 4) is 0 Å². The van der Waals surface area contributed by atoms with Crippen molar-refractivity contribution < 1.29 is 83.1 Å². The number of ether oxygens (including phenoxy) is 10. The van der Waals surface area contributed by atoms with Gasteiger partial charge in [-0.25, -0.2) is 56.9 Å². The predicted molar refractivity (Wildman–Crippen MR) is 161 cm³/mol. The van der Waals surface area contributed by atoms with Crippen LogP contribution in [0, 0.1) is 56.9 Å². The number of aliphatic hydroxyl groups is 7. The number of hydrogen-bond acceptors (Lipinski definition) is 17. The minimum atomic E-state index is -0.649. The van der Waals surface area contributed by atoms with Gasteiger partial charge in [0.1, 0.15) is 0 Å². The molecule has 49 heavy (non-hydrogen) atoms. The second-order valence-corrected chi connectivity index (χ2v) is 8.16. The molecule has 0 saturated carbocycles. The zero-order valence-electron chi connectivity index (χ0n) is 29.2. The van der Waals surface area contributed by atoms with Crippen molar-refractivity contribution >= 4 is 0 Å². The fourth-order valence-electron chi connectivity index (χ4n) is 2.02. The topological polar surface area (TPSA) is 234 Å². The molecule has 0 bridgehead atoms. The van der Waals surface area contributed by atoms with Crippen LogP contribution < -0.4 is 0 Å². The zero-order chi connectivity index (χ0) is 35.6. The Morgan fingerprint density at radius 1 is 0.327 bits per heavy atom. The zero-order valence-corrected chi connectivity index (χ0v) is 54.8. The average molecular weight is 1730 g/mol. The van der Waals surface area contributed by atoms with Crippen LogP contribution in [0.3, 0.4) is 0 Å². The van der Waals surface area contributed by atoms with Crippen LogP contribution >= 0.6 is 0 Å². The largest absolute Gasteiger partial charge is 0.555 e. The van der Waals surface area contributed by atoms with E-state index >= 15 is 0 Å². The van der Waals surface area contributed by atoms with Crippen LogP contribution in [0.4, 0.5) is 0 Å². The molecule has 0 heterocycles. The molecule has 21 heteroatoms. The molecule has 0 saturated heterocycles. The van der Waals surface area contributed by atoms with Crippen molar-refractivity contribution in [1.29, 1.82) is 0 Å². The van der Waals surface area contributed by atoms with Crippen molar-refractivity contribution in [3.63, 3.8) is 0 Å². The minimum Gasteiger partial charge on any atom is -0.555 e. The molecule has 0 aromatic rings. The maximum atomic E-state index is 8.91. The third-order valence-electron chi connectivity index (χ3n) is 3.86. The molecule has 7 N–H and O–H groups in total. The Labute approximate surface area is 269 Å². The van der Waals surface area contributed by atoms with Gasteiger partial charge < -0.3 is 83.1 Å². The van der Waals surface area contributed by atoms with Gasteiger partial charge in [-0.05, 0) is 6.42 Å². The van der Waals surface area contributed by atoms with Crippen molar-refractivity contribution in [2.75, 3.05) is 92.5 Å². The van der Waals surface area contributed by atoms with Gasteiger partial charge in [0.2, 0.25) is 0 Å². The second-order valence-electron chi connectivity index (χ2n) is 8.16. The van der Waals surface area contributed by atoms with E-state index in [0.29, 0.717) is 13.0 Å². The summed E-state index contributed by atoms with van der Waals surface area (Å²) >= 11 is 0. The minimum absolute atomic E-state index is 0. The van der Waals surface area contributed by atoms with Gasteiger partial charge in [0.15, 0.2) is 0 Å². The Morgan fingerprint density at radius 3 is 0.755 bits per heavy atom. The van der Waals surface area contributed by atoms with Gasteiger partial charge in [0, 0.05) is 52.9 Å². The van der Waals surface area contributed by atoms with Gasteiger partial charge in [-0.2, -0.15) is 0 Å². The Kier molecular flexibility index (Phi) is 84.6. The summed E-state index contributed by atoms with van der Waals surface area (Å²) in [6.45, 7) is 2.56. The monoisotopic (exact) mass is 1730 g/mol. The first-order valence-corrected chi connectivity index (χ1v) is 13.3. The molecule has 17 nitrogen and oxygen atoms in total. The van der Waals surface area contributed by atoms with Gasteiger partial charge in [-0.15, -0.1) is 0 Å². The van der Waals surface area contributed by atoms with Crippen molar-refractivity contribution in [1.82, 2.24) is 0 Å². The quantitative estimate of drug-likeness (QED) is 0.0412. The van der Waals surface area contributed by atoms with Gasteiger partial charge in [-0.1, -0.05) is 0 Å². The first kappa shape index (κ1) is 66.7. The summed E-state index contributed by atoms with van der Waals surface area (Å²) in [5, 5.41) is 60.7. The molecule has 3 unspecified atom stereocenters. The van der Waals surface area contributed by atoms with Crippen molar-refractivity contribution in [2.24, 2.45) is 0 Å². The van der Waals surface area contributed by atoms with Crippen molar-refractivity contribution in [3.05, 3.63) is 56.9 Å². The molecule has 0 radical (unpaired) electrons. The number of rotatable bonds is 25. The van der Waals surface area contributed by atoms with E-state index in [-0.39, 0.29) is 85.9 Å². The maximum Gasteiger partial charge on any atom is 0.0976 e. The molecule has 0 fully saturated rings. The Morgan fingerprint density at radius 2 is 0.551 bits per heavy atom. The SMILES string of the molecule is [CH2-]OCC(O)COCCO.[CH2-]OCC(O)COCCO.[CH2-]OCC(O)CO[CH2-].[CH2-]OCC(O)CO[CH2-].[CH2-]OCCC(O)CO[CH2-].[Rf].[Rf].[Rf].[Rf]. The smallest absolute Gasteiger partial charge is 0.0976 e. The van der Waals surface area contributed by atoms with E-state index in [1.165, 1.54) is 0 Å². The number of aliphatic hydroxyl groups excluding tert-OH is 7. The maximum absolute atomic E-state index is 8.91. The molecule has 0 amide bonds. The van der Waals surface area contributed by atoms with Crippen LogP contribution in [0.5, 0.6) is 0 Å². The van der Waals surface area contributed by atoms with Crippen molar-refractivity contribution in [2.45, 2.75) is 36.9 Å². The van der Waals surface area contributed by atoms with E-state index in [4.69, 9.17) is 45.2 Å². The third-order valence-corrected chi connectivity index (χ3v) is 3.86. The number of hydrogen-bond donors (Lipinski definition) is 7. The molecule has 0 aliphatic heterocycles. The molecule has 0 aliphatic rings. The molecule has 0 rings (SSSR count). The summed E-state index contributed by atoms with van der Waals surface area (Å²) in [5.41, 5.74) is 0. The average Bonchev–Trinajstić information content (AvgIpc) is 2.99. The Hall–Kier alpha value is -4.68. The normalized spacial score (nSPS) is 11.4. The summed E-state index contributed by atoms with van der Waals surface area (Å²) in [6, 6.07) is 0. The summed E-state index contributed by atoms with van der Waals surface area (Å²) in [5.74, 6) is 0. The Bertz CT molecular complexity index is 445. The van der Waals surface area contributed by atoms with E-state index in [0.717, 1.165) is 0 Å². The molecular formula is C28H58O17Rf4-8. The van der Waals surface area contributed by atoms with E-state index in [2.05, 4.69) is 94.8 Å². The first-order chi connectivity index (χ1) is 21.5. The van der Waals surface area contributed by atoms with E-state index in [1.807, 2.05) is 0 Å². The van der Waals surface area contributed by atoms with Crippen LogP contribution in [-0.4, -0.2) is 159 Å². The fraction of sp³-hybridized carbons (Fsp3) is 0.714. The molecule has 0 aromatic carbocycles. The first-order valence-electron chi connectivity index (χ1n) is 13.3. The molecule has 0 spiro atoms. The van der Waals surface area contributed by atoms with Gasteiger partial charge in [0.25, 0.3) is 0 Å². The summed E-state index contributed by atoms with van der Waals surface area (Å²) in [6.07, 6.45) is -2.45. The van der Waals surface area contributed by atoms with E-state index in [1.54, 1.807) is 0 Å². The molecule has 0 aromatic heterocycles. The third kappa shape index (κ3) is 80.5. The van der Waals surface area contributed by atoms with Crippen LogP contribution in [-0.2, 0) is 47.4 Å². The summed E-state index contributed by atoms with van der Waals surface area (Å²) in [4.78, 5) is 0. The Balaban J connectivity index is -0.0000000573. The van der Waals surface area contributed by atoms with Gasteiger partial charge >= 0.3 is 0 Å². The van der Waals surface area contributed by atoms with Gasteiger partial charge in [0.05, 0.1) is 70.2 Å².